The van der Waals surface area contributed by atoms with Crippen LogP contribution in [0.1, 0.15) is 31.9 Å². The molecule has 4 rings (SSSR count). The van der Waals surface area contributed by atoms with Gasteiger partial charge in [0, 0.05) is 5.69 Å². The summed E-state index contributed by atoms with van der Waals surface area (Å²) >= 11 is 0. The van der Waals surface area contributed by atoms with Crippen LogP contribution in [-0.4, -0.2) is 46.4 Å². The summed E-state index contributed by atoms with van der Waals surface area (Å²) < 4.78 is 18.5. The summed E-state index contributed by atoms with van der Waals surface area (Å²) in [5, 5.41) is 9.70. The van der Waals surface area contributed by atoms with Crippen molar-refractivity contribution < 1.29 is 23.8 Å². The van der Waals surface area contributed by atoms with Crippen molar-refractivity contribution >= 4 is 23.5 Å². The summed E-state index contributed by atoms with van der Waals surface area (Å²) in [6.07, 6.45) is 1.63. The summed E-state index contributed by atoms with van der Waals surface area (Å²) in [6.45, 7) is 4.57. The van der Waals surface area contributed by atoms with Crippen molar-refractivity contribution in [1.29, 1.82) is 0 Å². The molecule has 1 aliphatic heterocycles. The molecule has 0 aliphatic carbocycles. The van der Waals surface area contributed by atoms with Crippen LogP contribution < -0.4 is 24.8 Å². The Kier molecular flexibility index (Phi) is 6.72. The van der Waals surface area contributed by atoms with Crippen molar-refractivity contribution in [3.8, 4) is 17.2 Å². The van der Waals surface area contributed by atoms with E-state index in [1.54, 1.807) is 41.1 Å². The Morgan fingerprint density at radius 1 is 1.09 bits per heavy atom. The van der Waals surface area contributed by atoms with Gasteiger partial charge in [-0.2, -0.15) is 10.1 Å². The highest BCUT2D eigenvalue weighted by molar-refractivity contribution is 5.92. The van der Waals surface area contributed by atoms with Crippen LogP contribution in [-0.2, 0) is 9.59 Å². The van der Waals surface area contributed by atoms with Crippen LogP contribution >= 0.6 is 0 Å². The molecule has 2 aromatic carbocycles. The zero-order valence-electron chi connectivity index (χ0n) is 18.4. The zero-order chi connectivity index (χ0) is 23.2. The van der Waals surface area contributed by atoms with Crippen LogP contribution in [0, 0.1) is 0 Å². The molecule has 1 aromatic heterocycles. The van der Waals surface area contributed by atoms with Gasteiger partial charge in [0.25, 0.3) is 5.91 Å². The minimum absolute atomic E-state index is 0.134. The van der Waals surface area contributed by atoms with Gasteiger partial charge in [-0.1, -0.05) is 6.07 Å². The number of nitrogens with one attached hydrogen (secondary N) is 2. The summed E-state index contributed by atoms with van der Waals surface area (Å²) in [5.74, 6) is 1.62. The molecule has 3 aromatic rings. The highest BCUT2D eigenvalue weighted by atomic mass is 16.5. The van der Waals surface area contributed by atoms with Crippen molar-refractivity contribution in [3.05, 3.63) is 54.4 Å². The number of aromatic nitrogens is 3. The van der Waals surface area contributed by atoms with E-state index in [4.69, 9.17) is 14.2 Å². The summed E-state index contributed by atoms with van der Waals surface area (Å²) in [7, 11) is 0. The van der Waals surface area contributed by atoms with Crippen molar-refractivity contribution in [2.75, 3.05) is 30.5 Å². The van der Waals surface area contributed by atoms with Crippen molar-refractivity contribution in [2.24, 2.45) is 0 Å². The number of fused-ring (bicyclic) bond motifs is 1. The van der Waals surface area contributed by atoms with Crippen LogP contribution in [0.25, 0.3) is 0 Å². The molecular formula is C23H25N5O5. The van der Waals surface area contributed by atoms with E-state index in [1.807, 2.05) is 19.9 Å². The number of hydrogen-bond donors (Lipinski definition) is 2. The van der Waals surface area contributed by atoms with Gasteiger partial charge in [-0.15, -0.1) is 0 Å². The lowest BCUT2D eigenvalue weighted by Gasteiger charge is -2.24. The molecule has 0 radical (unpaired) electrons. The maximum atomic E-state index is 12.4. The zero-order valence-corrected chi connectivity index (χ0v) is 18.4. The van der Waals surface area contributed by atoms with E-state index in [0.717, 1.165) is 11.3 Å². The van der Waals surface area contributed by atoms with Crippen LogP contribution in [0.5, 0.6) is 17.2 Å². The van der Waals surface area contributed by atoms with E-state index in [-0.39, 0.29) is 30.9 Å². The molecule has 10 heteroatoms. The number of amides is 2. The van der Waals surface area contributed by atoms with E-state index >= 15 is 0 Å². The molecule has 0 bridgehead atoms. The average molecular weight is 451 g/mol. The lowest BCUT2D eigenvalue weighted by Crippen LogP contribution is -2.29. The SMILES string of the molecule is CCOc1ccc(NC(=O)COc2ccc([C@H]3CC(=O)Nc4ncnn43)cc2OCC)cc1. The molecule has 0 saturated carbocycles. The van der Waals surface area contributed by atoms with Gasteiger partial charge < -0.3 is 19.5 Å². The van der Waals surface area contributed by atoms with Crippen LogP contribution in [0.3, 0.4) is 0 Å². The molecule has 1 aliphatic rings. The van der Waals surface area contributed by atoms with Crippen LogP contribution in [0.15, 0.2) is 48.8 Å². The Hall–Kier alpha value is -4.08. The summed E-state index contributed by atoms with van der Waals surface area (Å²) in [4.78, 5) is 28.5. The predicted octanol–water partition coefficient (Wildman–Crippen LogP) is 3.02. The number of anilines is 2. The smallest absolute Gasteiger partial charge is 0.262 e. The maximum Gasteiger partial charge on any atom is 0.262 e. The minimum Gasteiger partial charge on any atom is -0.494 e. The normalized spacial score (nSPS) is 14.7. The topological polar surface area (TPSA) is 117 Å². The summed E-state index contributed by atoms with van der Waals surface area (Å²) in [5.41, 5.74) is 1.47. The maximum absolute atomic E-state index is 12.4. The fraction of sp³-hybridized carbons (Fsp3) is 0.304. The molecule has 0 unspecified atom stereocenters. The highest BCUT2D eigenvalue weighted by Crippen LogP contribution is 2.35. The lowest BCUT2D eigenvalue weighted by molar-refractivity contribution is -0.118. The average Bonchev–Trinajstić information content (AvgIpc) is 3.28. The van der Waals surface area contributed by atoms with Crippen LogP contribution in [0.4, 0.5) is 11.6 Å². The van der Waals surface area contributed by atoms with Crippen molar-refractivity contribution in [2.45, 2.75) is 26.3 Å². The van der Waals surface area contributed by atoms with Gasteiger partial charge >= 0.3 is 0 Å². The largest absolute Gasteiger partial charge is 0.494 e. The third-order valence-corrected chi connectivity index (χ3v) is 4.96. The number of carbonyl (C=O) groups is 2. The molecule has 0 saturated heterocycles. The van der Waals surface area contributed by atoms with Gasteiger partial charge in [-0.25, -0.2) is 4.68 Å². The molecule has 2 N–H and O–H groups in total. The van der Waals surface area contributed by atoms with Crippen LogP contribution in [0.2, 0.25) is 0 Å². The first kappa shape index (κ1) is 22.1. The first-order chi connectivity index (χ1) is 16.1. The van der Waals surface area contributed by atoms with E-state index in [1.165, 1.54) is 6.33 Å². The summed E-state index contributed by atoms with van der Waals surface area (Å²) in [6, 6.07) is 12.2. The molecule has 2 amide bonds. The van der Waals surface area contributed by atoms with Gasteiger partial charge in [0.1, 0.15) is 12.1 Å². The van der Waals surface area contributed by atoms with Gasteiger partial charge in [0.2, 0.25) is 11.9 Å². The fourth-order valence-corrected chi connectivity index (χ4v) is 3.53. The minimum atomic E-state index is -0.313. The Bertz CT molecular complexity index is 1130. The molecule has 10 nitrogen and oxygen atoms in total. The monoisotopic (exact) mass is 451 g/mol. The lowest BCUT2D eigenvalue weighted by atomic mass is 10.0. The van der Waals surface area contributed by atoms with Crippen molar-refractivity contribution in [3.63, 3.8) is 0 Å². The third-order valence-electron chi connectivity index (χ3n) is 4.96. The Labute approximate surface area is 190 Å². The fourth-order valence-electron chi connectivity index (χ4n) is 3.53. The Morgan fingerprint density at radius 3 is 2.64 bits per heavy atom. The quantitative estimate of drug-likeness (QED) is 0.514. The molecule has 172 valence electrons. The van der Waals surface area contributed by atoms with Gasteiger partial charge in [-0.3, -0.25) is 14.9 Å². The third kappa shape index (κ3) is 5.22. The highest BCUT2D eigenvalue weighted by Gasteiger charge is 2.28. The Morgan fingerprint density at radius 2 is 1.88 bits per heavy atom. The second kappa shape index (κ2) is 10.0. The van der Waals surface area contributed by atoms with E-state index in [2.05, 4.69) is 20.7 Å². The number of ether oxygens (including phenoxy) is 3. The second-order valence-electron chi connectivity index (χ2n) is 7.23. The number of carbonyl (C=O) groups excluding carboxylic acids is 2. The first-order valence-electron chi connectivity index (χ1n) is 10.7. The number of rotatable bonds is 9. The number of nitrogens with zero attached hydrogens (tertiary/aromatic N) is 3. The van der Waals surface area contributed by atoms with Gasteiger partial charge in [-0.05, 0) is 55.8 Å². The van der Waals surface area contributed by atoms with E-state index in [9.17, 15) is 9.59 Å². The van der Waals surface area contributed by atoms with Gasteiger partial charge in [0.05, 0.1) is 25.7 Å². The molecule has 0 fully saturated rings. The molecule has 33 heavy (non-hydrogen) atoms. The van der Waals surface area contributed by atoms with Gasteiger partial charge in [0.15, 0.2) is 18.1 Å². The number of hydrogen-bond acceptors (Lipinski definition) is 7. The standard InChI is InChI=1S/C23H25N5O5/c1-3-31-17-8-6-16(7-9-17)26-22(30)13-33-19-10-5-15(11-20(19)32-4-2)18-12-21(29)27-23-24-14-25-28(18)23/h5-11,14,18H,3-4,12-13H2,1-2H3,(H,26,30)(H,24,25,27,29)/t18-/m1/s1. The predicted molar refractivity (Wildman–Crippen MR) is 121 cm³/mol. The molecule has 0 spiro atoms. The molecule has 1 atom stereocenters. The Balaban J connectivity index is 1.44. The van der Waals surface area contributed by atoms with Crippen molar-refractivity contribution in [1.82, 2.24) is 14.8 Å². The first-order valence-corrected chi connectivity index (χ1v) is 10.7. The van der Waals surface area contributed by atoms with E-state index in [0.29, 0.717) is 36.3 Å². The molecular weight excluding hydrogens is 426 g/mol. The van der Waals surface area contributed by atoms with E-state index < -0.39 is 0 Å². The number of benzene rings is 2. The second-order valence-corrected chi connectivity index (χ2v) is 7.23. The molecule has 2 heterocycles.